The highest BCUT2D eigenvalue weighted by Gasteiger charge is 2.00. The average molecular weight is 285 g/mol. The van der Waals surface area contributed by atoms with Gasteiger partial charge in [-0.3, -0.25) is 15.1 Å². The maximum Gasteiger partial charge on any atom is 0.263 e. The standard InChI is InChI=1S/C11H15N3O2S2/c1-17-11(8-14(15)16)13-6-7-18-9-10-4-2-3-5-12-10/h2-5,8,13H,6-7,9H2,1H3. The summed E-state index contributed by atoms with van der Waals surface area (Å²) in [6.07, 6.45) is 4.58. The Morgan fingerprint density at radius 2 is 2.44 bits per heavy atom. The highest BCUT2D eigenvalue weighted by molar-refractivity contribution is 8.02. The zero-order valence-corrected chi connectivity index (χ0v) is 11.7. The Kier molecular flexibility index (Phi) is 7.28. The average Bonchev–Trinajstić information content (AvgIpc) is 2.37. The normalized spacial score (nSPS) is 11.3. The van der Waals surface area contributed by atoms with Crippen molar-refractivity contribution in [2.45, 2.75) is 5.75 Å². The maximum atomic E-state index is 10.3. The van der Waals surface area contributed by atoms with Gasteiger partial charge in [-0.05, 0) is 18.4 Å². The zero-order valence-electron chi connectivity index (χ0n) is 10.0. The van der Waals surface area contributed by atoms with Crippen LogP contribution in [0.1, 0.15) is 5.69 Å². The van der Waals surface area contributed by atoms with Crippen molar-refractivity contribution in [1.29, 1.82) is 0 Å². The summed E-state index contributed by atoms with van der Waals surface area (Å²) < 4.78 is 0. The van der Waals surface area contributed by atoms with Crippen molar-refractivity contribution in [3.8, 4) is 0 Å². The van der Waals surface area contributed by atoms with E-state index in [-0.39, 0.29) is 0 Å². The van der Waals surface area contributed by atoms with E-state index in [1.165, 1.54) is 11.8 Å². The molecule has 0 aliphatic rings. The highest BCUT2D eigenvalue weighted by atomic mass is 32.2. The van der Waals surface area contributed by atoms with Crippen LogP contribution in [-0.2, 0) is 5.75 Å². The largest absolute Gasteiger partial charge is 0.374 e. The monoisotopic (exact) mass is 285 g/mol. The van der Waals surface area contributed by atoms with Crippen LogP contribution in [-0.4, -0.2) is 28.5 Å². The van der Waals surface area contributed by atoms with Crippen LogP contribution in [0.25, 0.3) is 0 Å². The summed E-state index contributed by atoms with van der Waals surface area (Å²) in [5.41, 5.74) is 1.05. The van der Waals surface area contributed by atoms with Gasteiger partial charge in [0.1, 0.15) is 5.03 Å². The molecule has 0 atom stereocenters. The van der Waals surface area contributed by atoms with Crippen LogP contribution < -0.4 is 5.32 Å². The molecule has 0 radical (unpaired) electrons. The first-order valence-corrected chi connectivity index (χ1v) is 7.71. The number of rotatable bonds is 8. The summed E-state index contributed by atoms with van der Waals surface area (Å²) in [7, 11) is 0. The molecular weight excluding hydrogens is 270 g/mol. The summed E-state index contributed by atoms with van der Waals surface area (Å²) in [4.78, 5) is 14.1. The van der Waals surface area contributed by atoms with Gasteiger partial charge in [0, 0.05) is 24.2 Å². The molecule has 0 saturated heterocycles. The van der Waals surface area contributed by atoms with Gasteiger partial charge in [0.05, 0.1) is 10.6 Å². The molecule has 98 valence electrons. The number of nitrogens with one attached hydrogen (secondary N) is 1. The van der Waals surface area contributed by atoms with Crippen molar-refractivity contribution in [2.75, 3.05) is 18.6 Å². The van der Waals surface area contributed by atoms with Crippen LogP contribution in [0.2, 0.25) is 0 Å². The molecule has 0 aromatic carbocycles. The van der Waals surface area contributed by atoms with Crippen LogP contribution >= 0.6 is 23.5 Å². The third-order valence-corrected chi connectivity index (χ3v) is 3.65. The number of hydrogen-bond acceptors (Lipinski definition) is 6. The van der Waals surface area contributed by atoms with Gasteiger partial charge in [-0.15, -0.1) is 11.8 Å². The molecular formula is C11H15N3O2S2. The predicted molar refractivity (Wildman–Crippen MR) is 77.0 cm³/mol. The third-order valence-electron chi connectivity index (χ3n) is 1.96. The topological polar surface area (TPSA) is 68.1 Å². The first-order valence-electron chi connectivity index (χ1n) is 5.33. The first kappa shape index (κ1) is 14.8. The van der Waals surface area contributed by atoms with E-state index in [0.29, 0.717) is 11.6 Å². The second kappa shape index (κ2) is 8.82. The molecule has 0 bridgehead atoms. The van der Waals surface area contributed by atoms with E-state index in [1.807, 2.05) is 24.5 Å². The second-order valence-corrected chi connectivity index (χ2v) is 5.24. The Morgan fingerprint density at radius 3 is 3.06 bits per heavy atom. The van der Waals surface area contributed by atoms with Crippen LogP contribution in [0.5, 0.6) is 0 Å². The van der Waals surface area contributed by atoms with Crippen molar-refractivity contribution in [2.24, 2.45) is 0 Å². The number of aromatic nitrogens is 1. The molecule has 0 aliphatic heterocycles. The number of thioether (sulfide) groups is 2. The highest BCUT2D eigenvalue weighted by Crippen LogP contribution is 2.10. The molecule has 18 heavy (non-hydrogen) atoms. The lowest BCUT2D eigenvalue weighted by atomic mass is 10.4. The van der Waals surface area contributed by atoms with Crippen LogP contribution in [0, 0.1) is 10.1 Å². The Hall–Kier alpha value is -1.21. The lowest BCUT2D eigenvalue weighted by Crippen LogP contribution is -2.15. The summed E-state index contributed by atoms with van der Waals surface area (Å²) in [6.45, 7) is 0.706. The Bertz CT molecular complexity index is 399. The van der Waals surface area contributed by atoms with Crippen molar-refractivity contribution in [1.82, 2.24) is 10.3 Å². The second-order valence-electron chi connectivity index (χ2n) is 3.28. The van der Waals surface area contributed by atoms with Gasteiger partial charge in [-0.25, -0.2) is 0 Å². The van der Waals surface area contributed by atoms with Gasteiger partial charge < -0.3 is 5.32 Å². The summed E-state index contributed by atoms with van der Waals surface area (Å²) in [6, 6.07) is 5.84. The zero-order chi connectivity index (χ0) is 13.2. The minimum atomic E-state index is -0.445. The molecule has 1 N–H and O–H groups in total. The van der Waals surface area contributed by atoms with E-state index in [1.54, 1.807) is 18.0 Å². The van der Waals surface area contributed by atoms with Crippen molar-refractivity contribution in [3.63, 3.8) is 0 Å². The smallest absolute Gasteiger partial charge is 0.263 e. The Morgan fingerprint density at radius 1 is 1.61 bits per heavy atom. The fraction of sp³-hybridized carbons (Fsp3) is 0.364. The lowest BCUT2D eigenvalue weighted by Gasteiger charge is -2.05. The Balaban J connectivity index is 2.17. The van der Waals surface area contributed by atoms with Crippen LogP contribution in [0.4, 0.5) is 0 Å². The molecule has 0 unspecified atom stereocenters. The molecule has 1 rings (SSSR count). The summed E-state index contributed by atoms with van der Waals surface area (Å²) in [5.74, 6) is 1.74. The number of nitrogens with zero attached hydrogens (tertiary/aromatic N) is 2. The predicted octanol–water partition coefficient (Wildman–Crippen LogP) is 2.34. The molecule has 0 fully saturated rings. The van der Waals surface area contributed by atoms with E-state index in [0.717, 1.165) is 23.4 Å². The first-order chi connectivity index (χ1) is 8.72. The molecule has 0 aliphatic carbocycles. The molecule has 0 saturated carbocycles. The van der Waals surface area contributed by atoms with Crippen LogP contribution in [0.3, 0.4) is 0 Å². The van der Waals surface area contributed by atoms with Gasteiger partial charge in [-0.1, -0.05) is 6.07 Å². The minimum absolute atomic E-state index is 0.445. The van der Waals surface area contributed by atoms with Crippen LogP contribution in [0.15, 0.2) is 35.6 Å². The molecule has 1 heterocycles. The Labute approximate surface area is 115 Å². The number of nitro groups is 1. The van der Waals surface area contributed by atoms with Crippen molar-refractivity contribution in [3.05, 3.63) is 51.4 Å². The van der Waals surface area contributed by atoms with Gasteiger partial charge in [0.2, 0.25) is 0 Å². The van der Waals surface area contributed by atoms with Gasteiger partial charge in [0.25, 0.3) is 6.20 Å². The SMILES string of the molecule is CSC(=C[N+](=O)[O-])NCCSCc1ccccn1. The lowest BCUT2D eigenvalue weighted by molar-refractivity contribution is -0.403. The van der Waals surface area contributed by atoms with E-state index < -0.39 is 4.92 Å². The van der Waals surface area contributed by atoms with E-state index in [9.17, 15) is 10.1 Å². The van der Waals surface area contributed by atoms with E-state index in [4.69, 9.17) is 0 Å². The molecule has 7 heteroatoms. The fourth-order valence-electron chi connectivity index (χ4n) is 1.17. The van der Waals surface area contributed by atoms with Gasteiger partial charge in [-0.2, -0.15) is 11.8 Å². The quantitative estimate of drug-likeness (QED) is 0.449. The molecule has 5 nitrogen and oxygen atoms in total. The minimum Gasteiger partial charge on any atom is -0.374 e. The number of pyridine rings is 1. The molecule has 1 aromatic rings. The van der Waals surface area contributed by atoms with Crippen molar-refractivity contribution >= 4 is 23.5 Å². The van der Waals surface area contributed by atoms with Gasteiger partial charge in [0.15, 0.2) is 0 Å². The molecule has 1 aromatic heterocycles. The summed E-state index contributed by atoms with van der Waals surface area (Å²) >= 11 is 3.09. The van der Waals surface area contributed by atoms with Gasteiger partial charge >= 0.3 is 0 Å². The fourth-order valence-corrected chi connectivity index (χ4v) is 2.38. The summed E-state index contributed by atoms with van der Waals surface area (Å²) in [5, 5.41) is 13.9. The third kappa shape index (κ3) is 6.51. The van der Waals surface area contributed by atoms with E-state index in [2.05, 4.69) is 10.3 Å². The van der Waals surface area contributed by atoms with Crippen molar-refractivity contribution < 1.29 is 4.92 Å². The van der Waals surface area contributed by atoms with E-state index >= 15 is 0 Å². The number of hydrogen-bond donors (Lipinski definition) is 1. The molecule has 0 spiro atoms. The maximum absolute atomic E-state index is 10.3. The molecule has 0 amide bonds.